The van der Waals surface area contributed by atoms with Crippen molar-refractivity contribution in [3.63, 3.8) is 0 Å². The Morgan fingerprint density at radius 2 is 2.29 bits per heavy atom. The van der Waals surface area contributed by atoms with Gasteiger partial charge in [-0.3, -0.25) is 4.79 Å². The summed E-state index contributed by atoms with van der Waals surface area (Å²) in [4.78, 5) is 14.1. The Bertz CT molecular complexity index is 264. The highest BCUT2D eigenvalue weighted by Gasteiger charge is 2.30. The molecule has 1 amide bonds. The molecule has 98 valence electrons. The standard InChI is InChI=1S/C13H24N2O2/c1-10-5-7-15(9-12(10)17-2)13(16)8-11-4-3-6-14-11/h10-12,14H,3-9H2,1-2H3. The van der Waals surface area contributed by atoms with Crippen LogP contribution in [0, 0.1) is 5.92 Å². The number of hydrogen-bond donors (Lipinski definition) is 1. The lowest BCUT2D eigenvalue weighted by atomic mass is 9.95. The molecule has 2 aliphatic heterocycles. The van der Waals surface area contributed by atoms with Crippen molar-refractivity contribution in [1.29, 1.82) is 0 Å². The highest BCUT2D eigenvalue weighted by atomic mass is 16.5. The first-order chi connectivity index (χ1) is 8.20. The fourth-order valence-corrected chi connectivity index (χ4v) is 2.84. The first-order valence-electron chi connectivity index (χ1n) is 6.74. The number of hydrogen-bond acceptors (Lipinski definition) is 3. The molecule has 4 heteroatoms. The minimum absolute atomic E-state index is 0.212. The third kappa shape index (κ3) is 3.19. The summed E-state index contributed by atoms with van der Waals surface area (Å²) in [5.74, 6) is 0.854. The molecule has 0 bridgehead atoms. The zero-order valence-electron chi connectivity index (χ0n) is 10.9. The fraction of sp³-hybridized carbons (Fsp3) is 0.923. The maximum absolute atomic E-state index is 12.2. The van der Waals surface area contributed by atoms with Gasteiger partial charge in [0.2, 0.25) is 5.91 Å². The summed E-state index contributed by atoms with van der Waals surface area (Å²) in [5, 5.41) is 3.38. The van der Waals surface area contributed by atoms with Crippen molar-refractivity contribution in [3.05, 3.63) is 0 Å². The number of carbonyl (C=O) groups excluding carboxylic acids is 1. The van der Waals surface area contributed by atoms with Gasteiger partial charge in [-0.1, -0.05) is 6.92 Å². The molecule has 0 radical (unpaired) electrons. The van der Waals surface area contributed by atoms with E-state index in [1.807, 2.05) is 4.90 Å². The second-order valence-corrected chi connectivity index (χ2v) is 5.38. The van der Waals surface area contributed by atoms with Crippen molar-refractivity contribution >= 4 is 5.91 Å². The lowest BCUT2D eigenvalue weighted by molar-refractivity contribution is -0.136. The Kier molecular flexibility index (Phi) is 4.40. The Hall–Kier alpha value is -0.610. The van der Waals surface area contributed by atoms with Crippen LogP contribution in [0.1, 0.15) is 32.6 Å². The second-order valence-electron chi connectivity index (χ2n) is 5.38. The maximum atomic E-state index is 12.2. The quantitative estimate of drug-likeness (QED) is 0.800. The number of amides is 1. The van der Waals surface area contributed by atoms with Crippen molar-refractivity contribution in [2.45, 2.75) is 44.8 Å². The number of carbonyl (C=O) groups is 1. The lowest BCUT2D eigenvalue weighted by Gasteiger charge is -2.36. The van der Waals surface area contributed by atoms with Gasteiger partial charge >= 0.3 is 0 Å². The van der Waals surface area contributed by atoms with E-state index < -0.39 is 0 Å². The molecule has 0 saturated carbocycles. The summed E-state index contributed by atoms with van der Waals surface area (Å²) < 4.78 is 5.44. The molecular weight excluding hydrogens is 216 g/mol. The van der Waals surface area contributed by atoms with Crippen molar-refractivity contribution in [1.82, 2.24) is 10.2 Å². The normalized spacial score (nSPS) is 34.0. The molecule has 0 aliphatic carbocycles. The predicted octanol–water partition coefficient (Wildman–Crippen LogP) is 1.01. The third-order valence-corrected chi connectivity index (χ3v) is 4.13. The summed E-state index contributed by atoms with van der Waals surface area (Å²) in [5.41, 5.74) is 0. The van der Waals surface area contributed by atoms with Crippen LogP contribution in [0.15, 0.2) is 0 Å². The molecule has 0 aromatic heterocycles. The molecule has 2 saturated heterocycles. The summed E-state index contributed by atoms with van der Waals surface area (Å²) in [6.45, 7) is 4.93. The molecular formula is C13H24N2O2. The summed E-state index contributed by atoms with van der Waals surface area (Å²) in [6.07, 6.45) is 4.27. The van der Waals surface area contributed by atoms with Crippen LogP contribution in [0.2, 0.25) is 0 Å². The zero-order valence-corrected chi connectivity index (χ0v) is 10.9. The van der Waals surface area contributed by atoms with E-state index in [2.05, 4.69) is 12.2 Å². The molecule has 3 unspecified atom stereocenters. The number of nitrogens with zero attached hydrogens (tertiary/aromatic N) is 1. The van der Waals surface area contributed by atoms with Gasteiger partial charge in [-0.05, 0) is 31.7 Å². The van der Waals surface area contributed by atoms with E-state index in [0.29, 0.717) is 24.3 Å². The molecule has 2 heterocycles. The lowest BCUT2D eigenvalue weighted by Crippen LogP contribution is -2.47. The molecule has 2 rings (SSSR count). The van der Waals surface area contributed by atoms with Crippen molar-refractivity contribution in [3.8, 4) is 0 Å². The van der Waals surface area contributed by atoms with Crippen LogP contribution in [0.3, 0.4) is 0 Å². The van der Waals surface area contributed by atoms with Crippen molar-refractivity contribution in [2.24, 2.45) is 5.92 Å². The van der Waals surface area contributed by atoms with Crippen LogP contribution >= 0.6 is 0 Å². The minimum atomic E-state index is 0.212. The molecule has 3 atom stereocenters. The van der Waals surface area contributed by atoms with Gasteiger partial charge < -0.3 is 15.0 Å². The molecule has 2 aliphatic rings. The number of nitrogens with one attached hydrogen (secondary N) is 1. The van der Waals surface area contributed by atoms with Gasteiger partial charge in [-0.25, -0.2) is 0 Å². The van der Waals surface area contributed by atoms with Crippen molar-refractivity contribution in [2.75, 3.05) is 26.7 Å². The van der Waals surface area contributed by atoms with E-state index in [1.165, 1.54) is 6.42 Å². The topological polar surface area (TPSA) is 41.6 Å². The number of piperidine rings is 1. The van der Waals surface area contributed by atoms with E-state index in [1.54, 1.807) is 7.11 Å². The highest BCUT2D eigenvalue weighted by molar-refractivity contribution is 5.77. The van der Waals surface area contributed by atoms with Crippen LogP contribution < -0.4 is 5.32 Å². The monoisotopic (exact) mass is 240 g/mol. The number of rotatable bonds is 3. The third-order valence-electron chi connectivity index (χ3n) is 4.13. The summed E-state index contributed by atoms with van der Waals surface area (Å²) in [7, 11) is 1.74. The molecule has 4 nitrogen and oxygen atoms in total. The smallest absolute Gasteiger partial charge is 0.224 e. The first kappa shape index (κ1) is 12.8. The van der Waals surface area contributed by atoms with Crippen molar-refractivity contribution < 1.29 is 9.53 Å². The predicted molar refractivity (Wildman–Crippen MR) is 66.8 cm³/mol. The molecule has 0 aromatic carbocycles. The summed E-state index contributed by atoms with van der Waals surface area (Å²) in [6, 6.07) is 0.405. The van der Waals surface area contributed by atoms with Crippen LogP contribution in [-0.4, -0.2) is 49.7 Å². The first-order valence-corrected chi connectivity index (χ1v) is 6.74. The highest BCUT2D eigenvalue weighted by Crippen LogP contribution is 2.21. The van der Waals surface area contributed by atoms with Gasteiger partial charge in [0.1, 0.15) is 0 Å². The molecule has 1 N–H and O–H groups in total. The molecule has 0 aromatic rings. The van der Waals surface area contributed by atoms with E-state index in [-0.39, 0.29) is 6.10 Å². The van der Waals surface area contributed by atoms with Gasteiger partial charge in [0.05, 0.1) is 6.10 Å². The number of likely N-dealkylation sites (tertiary alicyclic amines) is 1. The Labute approximate surface area is 104 Å². The van der Waals surface area contributed by atoms with Gasteiger partial charge in [0, 0.05) is 32.7 Å². The maximum Gasteiger partial charge on any atom is 0.224 e. The second kappa shape index (κ2) is 5.83. The summed E-state index contributed by atoms with van der Waals surface area (Å²) >= 11 is 0. The van der Waals surface area contributed by atoms with Crippen LogP contribution in [0.25, 0.3) is 0 Å². The fourth-order valence-electron chi connectivity index (χ4n) is 2.84. The van der Waals surface area contributed by atoms with Crippen LogP contribution in [0.4, 0.5) is 0 Å². The Balaban J connectivity index is 1.82. The average molecular weight is 240 g/mol. The molecule has 0 spiro atoms. The van der Waals surface area contributed by atoms with Gasteiger partial charge in [-0.15, -0.1) is 0 Å². The number of methoxy groups -OCH3 is 1. The Morgan fingerprint density at radius 1 is 1.47 bits per heavy atom. The van der Waals surface area contributed by atoms with E-state index >= 15 is 0 Å². The molecule has 17 heavy (non-hydrogen) atoms. The van der Waals surface area contributed by atoms with Gasteiger partial charge in [0.15, 0.2) is 0 Å². The van der Waals surface area contributed by atoms with Crippen LogP contribution in [-0.2, 0) is 9.53 Å². The van der Waals surface area contributed by atoms with Crippen LogP contribution in [0.5, 0.6) is 0 Å². The molecule has 2 fully saturated rings. The zero-order chi connectivity index (χ0) is 12.3. The average Bonchev–Trinajstić information content (AvgIpc) is 2.82. The van der Waals surface area contributed by atoms with E-state index in [4.69, 9.17) is 4.74 Å². The van der Waals surface area contributed by atoms with E-state index in [9.17, 15) is 4.79 Å². The van der Waals surface area contributed by atoms with Gasteiger partial charge in [0.25, 0.3) is 0 Å². The number of ether oxygens (including phenoxy) is 1. The van der Waals surface area contributed by atoms with E-state index in [0.717, 1.165) is 32.5 Å². The SMILES string of the molecule is COC1CN(C(=O)CC2CCCN2)CCC1C. The Morgan fingerprint density at radius 3 is 2.94 bits per heavy atom. The van der Waals surface area contributed by atoms with Gasteiger partial charge in [-0.2, -0.15) is 0 Å². The largest absolute Gasteiger partial charge is 0.379 e. The minimum Gasteiger partial charge on any atom is -0.379 e.